The largest absolute Gasteiger partial charge is 0.453 e. The van der Waals surface area contributed by atoms with Crippen molar-refractivity contribution in [2.75, 3.05) is 5.32 Å². The zero-order chi connectivity index (χ0) is 14.8. The molecule has 20 heavy (non-hydrogen) atoms. The molecule has 1 aromatic carbocycles. The second-order valence-electron chi connectivity index (χ2n) is 5.13. The Morgan fingerprint density at radius 2 is 1.80 bits per heavy atom. The molecule has 0 aliphatic carbocycles. The van der Waals surface area contributed by atoms with Crippen molar-refractivity contribution in [3.63, 3.8) is 0 Å². The average molecular weight is 272 g/mol. The number of nitrogens with zero attached hydrogens (tertiary/aromatic N) is 1. The summed E-state index contributed by atoms with van der Waals surface area (Å²) in [6.45, 7) is 5.22. The Balaban J connectivity index is 2.14. The van der Waals surface area contributed by atoms with Crippen LogP contribution >= 0.6 is 0 Å². The number of amides is 1. The lowest BCUT2D eigenvalue weighted by molar-refractivity contribution is 0.0993. The second kappa shape index (κ2) is 5.28. The molecule has 0 unspecified atom stereocenters. The standard InChI is InChI=1S/C15H16N2O3/c1-10-4-6-11(7-5-10)16-14(18)12-8-9-13(20-12)15(2,3)17-19/h4-9H,1-3H3,(H,16,18). The Bertz CT molecular complexity index is 627. The van der Waals surface area contributed by atoms with Crippen molar-refractivity contribution in [1.82, 2.24) is 0 Å². The SMILES string of the molecule is Cc1ccc(NC(=O)c2ccc(C(C)(C)N=O)o2)cc1. The third-order valence-corrected chi connectivity index (χ3v) is 2.97. The van der Waals surface area contributed by atoms with Gasteiger partial charge in [0, 0.05) is 5.69 Å². The maximum Gasteiger partial charge on any atom is 0.291 e. The summed E-state index contributed by atoms with van der Waals surface area (Å²) in [7, 11) is 0. The molecule has 1 aromatic heterocycles. The van der Waals surface area contributed by atoms with Crippen molar-refractivity contribution in [1.29, 1.82) is 0 Å². The maximum absolute atomic E-state index is 12.0. The zero-order valence-corrected chi connectivity index (χ0v) is 11.6. The predicted molar refractivity (Wildman–Crippen MR) is 76.7 cm³/mol. The van der Waals surface area contributed by atoms with Crippen molar-refractivity contribution in [2.24, 2.45) is 5.18 Å². The number of nitrogens with one attached hydrogen (secondary N) is 1. The van der Waals surface area contributed by atoms with Crippen LogP contribution < -0.4 is 5.32 Å². The highest BCUT2D eigenvalue weighted by Crippen LogP contribution is 2.26. The highest BCUT2D eigenvalue weighted by molar-refractivity contribution is 6.02. The van der Waals surface area contributed by atoms with Gasteiger partial charge in [0.1, 0.15) is 5.76 Å². The quantitative estimate of drug-likeness (QED) is 0.859. The number of anilines is 1. The number of hydrogen-bond acceptors (Lipinski definition) is 4. The van der Waals surface area contributed by atoms with E-state index in [4.69, 9.17) is 4.42 Å². The van der Waals surface area contributed by atoms with E-state index in [1.165, 1.54) is 6.07 Å². The van der Waals surface area contributed by atoms with Gasteiger partial charge in [0.2, 0.25) is 0 Å². The van der Waals surface area contributed by atoms with Gasteiger partial charge in [-0.15, -0.1) is 4.91 Å². The lowest BCUT2D eigenvalue weighted by Crippen LogP contribution is -2.13. The van der Waals surface area contributed by atoms with Crippen LogP contribution in [0.4, 0.5) is 5.69 Å². The molecule has 0 aliphatic heterocycles. The summed E-state index contributed by atoms with van der Waals surface area (Å²) in [6, 6.07) is 10.6. The monoisotopic (exact) mass is 272 g/mol. The maximum atomic E-state index is 12.0. The van der Waals surface area contributed by atoms with Crippen molar-refractivity contribution in [3.8, 4) is 0 Å². The van der Waals surface area contributed by atoms with Crippen LogP contribution in [0.15, 0.2) is 46.0 Å². The molecule has 1 N–H and O–H groups in total. The van der Waals surface area contributed by atoms with Crippen LogP contribution in [0.3, 0.4) is 0 Å². The Labute approximate surface area is 117 Å². The highest BCUT2D eigenvalue weighted by Gasteiger charge is 2.26. The molecule has 0 radical (unpaired) electrons. The van der Waals surface area contributed by atoms with Gasteiger partial charge < -0.3 is 9.73 Å². The zero-order valence-electron chi connectivity index (χ0n) is 11.6. The molecule has 0 aliphatic rings. The molecule has 0 saturated carbocycles. The summed E-state index contributed by atoms with van der Waals surface area (Å²) in [5.74, 6) is 0.153. The lowest BCUT2D eigenvalue weighted by Gasteiger charge is -2.10. The third kappa shape index (κ3) is 2.93. The van der Waals surface area contributed by atoms with Crippen LogP contribution in [-0.2, 0) is 5.54 Å². The van der Waals surface area contributed by atoms with Gasteiger partial charge in [-0.3, -0.25) is 4.79 Å². The predicted octanol–water partition coefficient (Wildman–Crippen LogP) is 3.84. The Morgan fingerprint density at radius 3 is 2.40 bits per heavy atom. The fraction of sp³-hybridized carbons (Fsp3) is 0.267. The molecule has 0 bridgehead atoms. The molecule has 0 spiro atoms. The van der Waals surface area contributed by atoms with Gasteiger partial charge in [0.05, 0.1) is 0 Å². The number of aryl methyl sites for hydroxylation is 1. The van der Waals surface area contributed by atoms with E-state index in [1.807, 2.05) is 31.2 Å². The number of carbonyl (C=O) groups is 1. The fourth-order valence-corrected chi connectivity index (χ4v) is 1.66. The minimum absolute atomic E-state index is 0.150. The molecule has 0 saturated heterocycles. The van der Waals surface area contributed by atoms with Crippen molar-refractivity contribution in [3.05, 3.63) is 58.4 Å². The first-order valence-corrected chi connectivity index (χ1v) is 6.25. The van der Waals surface area contributed by atoms with Gasteiger partial charge in [-0.25, -0.2) is 0 Å². The molecule has 2 rings (SSSR count). The smallest absolute Gasteiger partial charge is 0.291 e. The minimum atomic E-state index is -0.984. The molecule has 0 fully saturated rings. The van der Waals surface area contributed by atoms with Crippen LogP contribution in [0.2, 0.25) is 0 Å². The normalized spacial score (nSPS) is 11.2. The summed E-state index contributed by atoms with van der Waals surface area (Å²) in [5.41, 5.74) is 0.816. The summed E-state index contributed by atoms with van der Waals surface area (Å²) < 4.78 is 5.39. The van der Waals surface area contributed by atoms with E-state index < -0.39 is 5.54 Å². The molecule has 0 atom stereocenters. The van der Waals surface area contributed by atoms with Gasteiger partial charge in [0.15, 0.2) is 11.3 Å². The van der Waals surface area contributed by atoms with Gasteiger partial charge in [-0.2, -0.15) is 0 Å². The highest BCUT2D eigenvalue weighted by atomic mass is 16.4. The molecule has 2 aromatic rings. The second-order valence-corrected chi connectivity index (χ2v) is 5.13. The average Bonchev–Trinajstić information content (AvgIpc) is 2.92. The fourth-order valence-electron chi connectivity index (χ4n) is 1.66. The van der Waals surface area contributed by atoms with Crippen LogP contribution in [0.5, 0.6) is 0 Å². The molecular weight excluding hydrogens is 256 g/mol. The van der Waals surface area contributed by atoms with Gasteiger partial charge in [-0.1, -0.05) is 22.9 Å². The molecular formula is C15H16N2O3. The van der Waals surface area contributed by atoms with Crippen LogP contribution in [-0.4, -0.2) is 5.91 Å². The van der Waals surface area contributed by atoms with Gasteiger partial charge >= 0.3 is 0 Å². The van der Waals surface area contributed by atoms with Gasteiger partial charge in [-0.05, 0) is 45.0 Å². The molecule has 1 amide bonds. The lowest BCUT2D eigenvalue weighted by atomic mass is 10.0. The third-order valence-electron chi connectivity index (χ3n) is 2.97. The van der Waals surface area contributed by atoms with E-state index >= 15 is 0 Å². The molecule has 5 heteroatoms. The first-order chi connectivity index (χ1) is 9.42. The summed E-state index contributed by atoms with van der Waals surface area (Å²) >= 11 is 0. The summed E-state index contributed by atoms with van der Waals surface area (Å²) in [4.78, 5) is 22.7. The van der Waals surface area contributed by atoms with Crippen LogP contribution in [0, 0.1) is 11.8 Å². The Hall–Kier alpha value is -2.43. The Kier molecular flexibility index (Phi) is 3.70. The van der Waals surface area contributed by atoms with Crippen molar-refractivity contribution >= 4 is 11.6 Å². The number of furan rings is 1. The first kappa shape index (κ1) is 14.0. The van der Waals surface area contributed by atoms with Gasteiger partial charge in [0.25, 0.3) is 5.91 Å². The molecule has 1 heterocycles. The Morgan fingerprint density at radius 1 is 1.15 bits per heavy atom. The van der Waals surface area contributed by atoms with Crippen LogP contribution in [0.1, 0.15) is 35.7 Å². The molecule has 104 valence electrons. The van der Waals surface area contributed by atoms with E-state index in [0.717, 1.165) is 5.56 Å². The van der Waals surface area contributed by atoms with Crippen molar-refractivity contribution < 1.29 is 9.21 Å². The van der Waals surface area contributed by atoms with E-state index in [-0.39, 0.29) is 11.7 Å². The number of hydrogen-bond donors (Lipinski definition) is 1. The number of carbonyl (C=O) groups excluding carboxylic acids is 1. The summed E-state index contributed by atoms with van der Waals surface area (Å²) in [6.07, 6.45) is 0. The topological polar surface area (TPSA) is 71.7 Å². The van der Waals surface area contributed by atoms with E-state index in [0.29, 0.717) is 11.4 Å². The van der Waals surface area contributed by atoms with E-state index in [1.54, 1.807) is 19.9 Å². The number of benzene rings is 1. The minimum Gasteiger partial charge on any atom is -0.453 e. The van der Waals surface area contributed by atoms with E-state index in [9.17, 15) is 9.70 Å². The first-order valence-electron chi connectivity index (χ1n) is 6.25. The molecule has 5 nitrogen and oxygen atoms in total. The van der Waals surface area contributed by atoms with Crippen LogP contribution in [0.25, 0.3) is 0 Å². The van der Waals surface area contributed by atoms with Crippen molar-refractivity contribution in [2.45, 2.75) is 26.3 Å². The summed E-state index contributed by atoms with van der Waals surface area (Å²) in [5, 5.41) is 5.71. The number of rotatable bonds is 4. The number of nitroso groups, excluding NO2 is 1. The van der Waals surface area contributed by atoms with E-state index in [2.05, 4.69) is 10.5 Å².